The van der Waals surface area contributed by atoms with E-state index in [1.165, 1.54) is 18.2 Å². The summed E-state index contributed by atoms with van der Waals surface area (Å²) in [6.07, 6.45) is 0.837. The molecule has 4 nitrogen and oxygen atoms in total. The molecule has 1 unspecified atom stereocenters. The van der Waals surface area contributed by atoms with E-state index in [0.717, 1.165) is 17.4 Å². The molecule has 0 aliphatic heterocycles. The molecule has 0 saturated carbocycles. The Bertz CT molecular complexity index is 873. The number of nitrogens with one attached hydrogen (secondary N) is 1. The number of fused-ring (bicyclic) bond motifs is 1. The van der Waals surface area contributed by atoms with Crippen molar-refractivity contribution in [2.75, 3.05) is 5.32 Å². The molecular formula is C19H19FN2O2. The van der Waals surface area contributed by atoms with E-state index in [4.69, 9.17) is 0 Å². The number of benzene rings is 2. The molecule has 0 saturated heterocycles. The molecule has 1 heterocycles. The number of anilines is 1. The van der Waals surface area contributed by atoms with Gasteiger partial charge in [-0.1, -0.05) is 18.2 Å². The van der Waals surface area contributed by atoms with E-state index in [1.54, 1.807) is 6.07 Å². The lowest BCUT2D eigenvalue weighted by Gasteiger charge is -2.12. The third-order valence-corrected chi connectivity index (χ3v) is 4.01. The van der Waals surface area contributed by atoms with Gasteiger partial charge in [-0.15, -0.1) is 0 Å². The molecule has 3 rings (SSSR count). The summed E-state index contributed by atoms with van der Waals surface area (Å²) in [6.45, 7) is 2.90. The Balaban J connectivity index is 1.70. The first-order chi connectivity index (χ1) is 11.6. The van der Waals surface area contributed by atoms with Crippen molar-refractivity contribution in [1.82, 2.24) is 4.57 Å². The van der Waals surface area contributed by atoms with Crippen molar-refractivity contribution in [3.05, 3.63) is 66.1 Å². The van der Waals surface area contributed by atoms with E-state index in [9.17, 15) is 14.3 Å². The van der Waals surface area contributed by atoms with Crippen molar-refractivity contribution in [2.24, 2.45) is 0 Å². The number of carbonyl (C=O) groups is 1. The van der Waals surface area contributed by atoms with E-state index in [2.05, 4.69) is 16.8 Å². The SMILES string of the molecule is CCn1ccc2ccc(NC(=O)CC(O)c3cccc(F)c3)cc21. The minimum atomic E-state index is -1.04. The summed E-state index contributed by atoms with van der Waals surface area (Å²) in [4.78, 5) is 12.1. The Morgan fingerprint density at radius 1 is 1.25 bits per heavy atom. The Hall–Kier alpha value is -2.66. The molecule has 1 aromatic heterocycles. The van der Waals surface area contributed by atoms with Gasteiger partial charge in [0.15, 0.2) is 0 Å². The van der Waals surface area contributed by atoms with E-state index < -0.39 is 11.9 Å². The minimum Gasteiger partial charge on any atom is -0.388 e. The molecule has 1 atom stereocenters. The normalized spacial score (nSPS) is 12.3. The number of nitrogens with zero attached hydrogens (tertiary/aromatic N) is 1. The summed E-state index contributed by atoms with van der Waals surface area (Å²) < 4.78 is 15.3. The zero-order valence-corrected chi connectivity index (χ0v) is 13.4. The molecule has 5 heteroatoms. The second kappa shape index (κ2) is 6.84. The smallest absolute Gasteiger partial charge is 0.227 e. The maximum absolute atomic E-state index is 13.2. The zero-order chi connectivity index (χ0) is 17.1. The number of hydrogen-bond donors (Lipinski definition) is 2. The Morgan fingerprint density at radius 2 is 2.08 bits per heavy atom. The van der Waals surface area contributed by atoms with Crippen LogP contribution in [0.2, 0.25) is 0 Å². The Labute approximate surface area is 139 Å². The highest BCUT2D eigenvalue weighted by molar-refractivity contribution is 5.94. The van der Waals surface area contributed by atoms with Crippen LogP contribution in [0.3, 0.4) is 0 Å². The molecule has 0 bridgehead atoms. The van der Waals surface area contributed by atoms with Crippen LogP contribution in [0.1, 0.15) is 25.0 Å². The van der Waals surface area contributed by atoms with Gasteiger partial charge < -0.3 is 15.0 Å². The van der Waals surface area contributed by atoms with Crippen LogP contribution >= 0.6 is 0 Å². The lowest BCUT2D eigenvalue weighted by Crippen LogP contribution is -2.15. The molecule has 0 radical (unpaired) electrons. The molecule has 124 valence electrons. The Kier molecular flexibility index (Phi) is 4.62. The summed E-state index contributed by atoms with van der Waals surface area (Å²) in [5.41, 5.74) is 2.11. The highest BCUT2D eigenvalue weighted by atomic mass is 19.1. The molecule has 0 aliphatic carbocycles. The number of aryl methyl sites for hydroxylation is 1. The highest BCUT2D eigenvalue weighted by Crippen LogP contribution is 2.22. The fourth-order valence-corrected chi connectivity index (χ4v) is 2.76. The van der Waals surface area contributed by atoms with Crippen molar-refractivity contribution in [2.45, 2.75) is 26.0 Å². The molecule has 1 amide bonds. The van der Waals surface area contributed by atoms with Gasteiger partial charge >= 0.3 is 0 Å². The van der Waals surface area contributed by atoms with Gasteiger partial charge in [0.2, 0.25) is 5.91 Å². The second-order valence-electron chi connectivity index (χ2n) is 5.70. The molecule has 0 spiro atoms. The molecule has 0 aliphatic rings. The van der Waals surface area contributed by atoms with Crippen molar-refractivity contribution >= 4 is 22.5 Å². The third-order valence-electron chi connectivity index (χ3n) is 4.01. The van der Waals surface area contributed by atoms with E-state index in [-0.39, 0.29) is 12.3 Å². The Morgan fingerprint density at radius 3 is 2.83 bits per heavy atom. The lowest BCUT2D eigenvalue weighted by atomic mass is 10.1. The lowest BCUT2D eigenvalue weighted by molar-refractivity contribution is -0.118. The monoisotopic (exact) mass is 326 g/mol. The van der Waals surface area contributed by atoms with Crippen LogP contribution in [0.4, 0.5) is 10.1 Å². The van der Waals surface area contributed by atoms with Crippen molar-refractivity contribution in [1.29, 1.82) is 0 Å². The van der Waals surface area contributed by atoms with Gasteiger partial charge in [0, 0.05) is 18.4 Å². The number of aliphatic hydroxyl groups is 1. The number of carbonyl (C=O) groups excluding carboxylic acids is 1. The predicted octanol–water partition coefficient (Wildman–Crippen LogP) is 3.86. The first kappa shape index (κ1) is 16.2. The van der Waals surface area contributed by atoms with Gasteiger partial charge in [-0.05, 0) is 48.2 Å². The van der Waals surface area contributed by atoms with Crippen LogP contribution in [0.15, 0.2) is 54.7 Å². The van der Waals surface area contributed by atoms with Gasteiger partial charge in [0.25, 0.3) is 0 Å². The minimum absolute atomic E-state index is 0.129. The molecule has 24 heavy (non-hydrogen) atoms. The van der Waals surface area contributed by atoms with Gasteiger partial charge in [-0.3, -0.25) is 4.79 Å². The standard InChI is InChI=1S/C19H19FN2O2/c1-2-22-9-8-13-6-7-16(11-17(13)22)21-19(24)12-18(23)14-4-3-5-15(20)10-14/h3-11,18,23H,2,12H2,1H3,(H,21,24). The third kappa shape index (κ3) is 3.46. The van der Waals surface area contributed by atoms with Crippen molar-refractivity contribution < 1.29 is 14.3 Å². The maximum atomic E-state index is 13.2. The number of aromatic nitrogens is 1. The summed E-state index contributed by atoms with van der Waals surface area (Å²) in [7, 11) is 0. The number of rotatable bonds is 5. The van der Waals surface area contributed by atoms with E-state index in [1.807, 2.05) is 30.5 Å². The molecule has 3 aromatic rings. The van der Waals surface area contributed by atoms with Gasteiger partial charge in [0.1, 0.15) is 5.82 Å². The summed E-state index contributed by atoms with van der Waals surface area (Å²) in [5, 5.41) is 14.0. The molecule has 0 fully saturated rings. The highest BCUT2D eigenvalue weighted by Gasteiger charge is 2.14. The average Bonchev–Trinajstić information content (AvgIpc) is 2.97. The topological polar surface area (TPSA) is 54.3 Å². The van der Waals surface area contributed by atoms with Gasteiger partial charge in [-0.25, -0.2) is 4.39 Å². The van der Waals surface area contributed by atoms with Crippen LogP contribution in [0, 0.1) is 5.82 Å². The second-order valence-corrected chi connectivity index (χ2v) is 5.70. The van der Waals surface area contributed by atoms with E-state index in [0.29, 0.717) is 11.3 Å². The van der Waals surface area contributed by atoms with Crippen LogP contribution in [0.25, 0.3) is 10.9 Å². The summed E-state index contributed by atoms with van der Waals surface area (Å²) in [5.74, 6) is -0.751. The van der Waals surface area contributed by atoms with Crippen molar-refractivity contribution in [3.8, 4) is 0 Å². The predicted molar refractivity (Wildman–Crippen MR) is 92.2 cm³/mol. The van der Waals surface area contributed by atoms with E-state index >= 15 is 0 Å². The first-order valence-electron chi connectivity index (χ1n) is 7.89. The maximum Gasteiger partial charge on any atom is 0.227 e. The largest absolute Gasteiger partial charge is 0.388 e. The van der Waals surface area contributed by atoms with Crippen molar-refractivity contribution in [3.63, 3.8) is 0 Å². The summed E-state index contributed by atoms with van der Waals surface area (Å²) in [6, 6.07) is 13.4. The average molecular weight is 326 g/mol. The molecule has 2 N–H and O–H groups in total. The first-order valence-corrected chi connectivity index (χ1v) is 7.89. The number of amides is 1. The van der Waals surface area contributed by atoms with Crippen LogP contribution in [-0.2, 0) is 11.3 Å². The number of halogens is 1. The zero-order valence-electron chi connectivity index (χ0n) is 13.4. The fraction of sp³-hybridized carbons (Fsp3) is 0.211. The van der Waals surface area contributed by atoms with Gasteiger partial charge in [0.05, 0.1) is 18.0 Å². The molecular weight excluding hydrogens is 307 g/mol. The quantitative estimate of drug-likeness (QED) is 0.748. The fourth-order valence-electron chi connectivity index (χ4n) is 2.76. The van der Waals surface area contributed by atoms with Crippen LogP contribution in [-0.4, -0.2) is 15.6 Å². The number of aliphatic hydroxyl groups excluding tert-OH is 1. The van der Waals surface area contributed by atoms with Crippen LogP contribution < -0.4 is 5.32 Å². The number of hydrogen-bond acceptors (Lipinski definition) is 2. The molecule has 2 aromatic carbocycles. The summed E-state index contributed by atoms with van der Waals surface area (Å²) >= 11 is 0. The van der Waals surface area contributed by atoms with Crippen LogP contribution in [0.5, 0.6) is 0 Å². The van der Waals surface area contributed by atoms with Gasteiger partial charge in [-0.2, -0.15) is 0 Å².